The number of carbonyl (C=O) groups is 3. The van der Waals surface area contributed by atoms with E-state index in [2.05, 4.69) is 10.6 Å². The van der Waals surface area contributed by atoms with Crippen molar-refractivity contribution in [2.45, 2.75) is 6.92 Å². The molecule has 0 unspecified atom stereocenters. The third-order valence-electron chi connectivity index (χ3n) is 3.24. The number of aryl methyl sites for hydroxylation is 1. The van der Waals surface area contributed by atoms with Crippen LogP contribution < -0.4 is 10.6 Å². The van der Waals surface area contributed by atoms with Crippen molar-refractivity contribution < 1.29 is 27.9 Å². The summed E-state index contributed by atoms with van der Waals surface area (Å²) in [6, 6.07) is 9.63. The Morgan fingerprint density at radius 2 is 1.81 bits per heavy atom. The first-order valence-electron chi connectivity index (χ1n) is 7.60. The Morgan fingerprint density at radius 1 is 1.04 bits per heavy atom. The second-order valence-electron chi connectivity index (χ2n) is 5.39. The predicted octanol–water partition coefficient (Wildman–Crippen LogP) is 2.18. The fourth-order valence-corrected chi connectivity index (χ4v) is 2.01. The van der Waals surface area contributed by atoms with Gasteiger partial charge in [-0.3, -0.25) is 14.4 Å². The minimum Gasteiger partial charge on any atom is -0.454 e. The molecule has 0 aliphatic carbocycles. The highest BCUT2D eigenvalue weighted by Crippen LogP contribution is 2.12. The van der Waals surface area contributed by atoms with Crippen molar-refractivity contribution in [1.29, 1.82) is 0 Å². The number of ether oxygens (including phenoxy) is 1. The Kier molecular flexibility index (Phi) is 6.37. The lowest BCUT2D eigenvalue weighted by Gasteiger charge is -2.08. The normalized spacial score (nSPS) is 10.1. The number of rotatable bonds is 6. The fourth-order valence-electron chi connectivity index (χ4n) is 2.01. The number of amides is 2. The number of anilines is 1. The minimum atomic E-state index is -1.11. The molecule has 0 heterocycles. The summed E-state index contributed by atoms with van der Waals surface area (Å²) in [6.45, 7) is 0.792. The molecule has 0 saturated carbocycles. The Labute approximate surface area is 148 Å². The van der Waals surface area contributed by atoms with E-state index in [0.29, 0.717) is 5.56 Å². The standard InChI is InChI=1S/C18H16F2N2O4/c1-11-3-2-4-12(7-11)18(25)21-9-17(24)26-10-16(23)22-13-5-6-14(19)15(20)8-13/h2-8H,9-10H2,1H3,(H,21,25)(H,22,23). The summed E-state index contributed by atoms with van der Waals surface area (Å²) in [5.41, 5.74) is 1.32. The number of hydrogen-bond donors (Lipinski definition) is 2. The number of benzene rings is 2. The van der Waals surface area contributed by atoms with Gasteiger partial charge in [0.25, 0.3) is 11.8 Å². The van der Waals surface area contributed by atoms with Gasteiger partial charge in [0.2, 0.25) is 0 Å². The lowest BCUT2D eigenvalue weighted by molar-refractivity contribution is -0.146. The molecule has 0 aliphatic heterocycles. The average Bonchev–Trinajstić information content (AvgIpc) is 2.61. The van der Waals surface area contributed by atoms with Gasteiger partial charge in [-0.1, -0.05) is 17.7 Å². The zero-order valence-corrected chi connectivity index (χ0v) is 13.8. The zero-order valence-electron chi connectivity index (χ0n) is 13.8. The molecule has 0 aromatic heterocycles. The SMILES string of the molecule is Cc1cccc(C(=O)NCC(=O)OCC(=O)Nc2ccc(F)c(F)c2)c1. The van der Waals surface area contributed by atoms with E-state index in [9.17, 15) is 23.2 Å². The van der Waals surface area contributed by atoms with Crippen molar-refractivity contribution in [3.05, 3.63) is 65.2 Å². The van der Waals surface area contributed by atoms with Gasteiger partial charge in [-0.2, -0.15) is 0 Å². The highest BCUT2D eigenvalue weighted by atomic mass is 19.2. The molecule has 26 heavy (non-hydrogen) atoms. The van der Waals surface area contributed by atoms with Gasteiger partial charge in [0, 0.05) is 17.3 Å². The van der Waals surface area contributed by atoms with E-state index >= 15 is 0 Å². The lowest BCUT2D eigenvalue weighted by Crippen LogP contribution is -2.32. The van der Waals surface area contributed by atoms with E-state index in [1.165, 1.54) is 6.07 Å². The van der Waals surface area contributed by atoms with Crippen LogP contribution in [-0.4, -0.2) is 30.9 Å². The largest absolute Gasteiger partial charge is 0.454 e. The van der Waals surface area contributed by atoms with Gasteiger partial charge in [-0.05, 0) is 31.2 Å². The monoisotopic (exact) mass is 362 g/mol. The zero-order chi connectivity index (χ0) is 19.1. The first-order chi connectivity index (χ1) is 12.3. The van der Waals surface area contributed by atoms with Crippen LogP contribution in [-0.2, 0) is 14.3 Å². The Bertz CT molecular complexity index is 840. The molecule has 2 aromatic rings. The average molecular weight is 362 g/mol. The Hall–Kier alpha value is -3.29. The maximum Gasteiger partial charge on any atom is 0.325 e. The van der Waals surface area contributed by atoms with Crippen LogP contribution in [0.1, 0.15) is 15.9 Å². The van der Waals surface area contributed by atoms with Crippen molar-refractivity contribution in [3.63, 3.8) is 0 Å². The van der Waals surface area contributed by atoms with E-state index in [0.717, 1.165) is 17.7 Å². The van der Waals surface area contributed by atoms with Crippen LogP contribution in [0.4, 0.5) is 14.5 Å². The molecule has 2 N–H and O–H groups in total. The summed E-state index contributed by atoms with van der Waals surface area (Å²) < 4.78 is 30.5. The maximum atomic E-state index is 13.0. The first kappa shape index (κ1) is 19.0. The Balaban J connectivity index is 1.74. The van der Waals surface area contributed by atoms with Gasteiger partial charge in [-0.25, -0.2) is 8.78 Å². The van der Waals surface area contributed by atoms with Crippen molar-refractivity contribution in [2.75, 3.05) is 18.5 Å². The molecule has 0 saturated heterocycles. The molecule has 0 aliphatic rings. The lowest BCUT2D eigenvalue weighted by atomic mass is 10.1. The molecule has 0 atom stereocenters. The van der Waals surface area contributed by atoms with Crippen LogP contribution in [0.3, 0.4) is 0 Å². The van der Waals surface area contributed by atoms with Gasteiger partial charge >= 0.3 is 5.97 Å². The molecule has 2 rings (SSSR count). The maximum absolute atomic E-state index is 13.0. The number of nitrogens with one attached hydrogen (secondary N) is 2. The molecule has 136 valence electrons. The second kappa shape index (κ2) is 8.70. The van der Waals surface area contributed by atoms with Crippen molar-refractivity contribution in [2.24, 2.45) is 0 Å². The van der Waals surface area contributed by atoms with Crippen LogP contribution in [0.15, 0.2) is 42.5 Å². The van der Waals surface area contributed by atoms with Gasteiger partial charge in [0.1, 0.15) is 6.54 Å². The molecule has 8 heteroatoms. The number of halogens is 2. The van der Waals surface area contributed by atoms with Crippen LogP contribution in [0.5, 0.6) is 0 Å². The van der Waals surface area contributed by atoms with Crippen LogP contribution >= 0.6 is 0 Å². The van der Waals surface area contributed by atoms with Gasteiger partial charge in [0.15, 0.2) is 18.2 Å². The van der Waals surface area contributed by atoms with E-state index in [-0.39, 0.29) is 5.69 Å². The van der Waals surface area contributed by atoms with Gasteiger partial charge in [0.05, 0.1) is 0 Å². The number of esters is 1. The first-order valence-corrected chi connectivity index (χ1v) is 7.60. The van der Waals surface area contributed by atoms with E-state index in [1.54, 1.807) is 18.2 Å². The topological polar surface area (TPSA) is 84.5 Å². The summed E-state index contributed by atoms with van der Waals surface area (Å²) >= 11 is 0. The van der Waals surface area contributed by atoms with Crippen LogP contribution in [0.25, 0.3) is 0 Å². The third-order valence-corrected chi connectivity index (χ3v) is 3.24. The molecule has 0 spiro atoms. The van der Waals surface area contributed by atoms with Gasteiger partial charge in [-0.15, -0.1) is 0 Å². The molecule has 6 nitrogen and oxygen atoms in total. The summed E-state index contributed by atoms with van der Waals surface area (Å²) in [4.78, 5) is 35.1. The van der Waals surface area contributed by atoms with E-state index in [4.69, 9.17) is 4.74 Å². The molecule has 0 radical (unpaired) electrons. The minimum absolute atomic E-state index is 0.0256. The number of carbonyl (C=O) groups excluding carboxylic acids is 3. The van der Waals surface area contributed by atoms with E-state index < -0.39 is 42.6 Å². The molecular formula is C18H16F2N2O4. The molecular weight excluding hydrogens is 346 g/mol. The third kappa shape index (κ3) is 5.66. The predicted molar refractivity (Wildman–Crippen MR) is 89.5 cm³/mol. The van der Waals surface area contributed by atoms with Crippen LogP contribution in [0.2, 0.25) is 0 Å². The second-order valence-corrected chi connectivity index (χ2v) is 5.39. The smallest absolute Gasteiger partial charge is 0.325 e. The summed E-state index contributed by atoms with van der Waals surface area (Å²) in [7, 11) is 0. The van der Waals surface area contributed by atoms with Gasteiger partial charge < -0.3 is 15.4 Å². The summed E-state index contributed by atoms with van der Waals surface area (Å²) in [5, 5.41) is 4.63. The van der Waals surface area contributed by atoms with Crippen molar-refractivity contribution >= 4 is 23.5 Å². The van der Waals surface area contributed by atoms with Crippen molar-refractivity contribution in [1.82, 2.24) is 5.32 Å². The summed E-state index contributed by atoms with van der Waals surface area (Å²) in [6.07, 6.45) is 0. The quantitative estimate of drug-likeness (QED) is 0.772. The number of hydrogen-bond acceptors (Lipinski definition) is 4. The highest BCUT2D eigenvalue weighted by Gasteiger charge is 2.12. The highest BCUT2D eigenvalue weighted by molar-refractivity contribution is 5.96. The Morgan fingerprint density at radius 3 is 2.50 bits per heavy atom. The van der Waals surface area contributed by atoms with Crippen LogP contribution in [0, 0.1) is 18.6 Å². The summed E-state index contributed by atoms with van der Waals surface area (Å²) in [5.74, 6) is -4.14. The molecule has 2 amide bonds. The van der Waals surface area contributed by atoms with E-state index in [1.807, 2.05) is 13.0 Å². The fraction of sp³-hybridized carbons (Fsp3) is 0.167. The molecule has 0 fully saturated rings. The molecule has 2 aromatic carbocycles. The van der Waals surface area contributed by atoms with Crippen molar-refractivity contribution in [3.8, 4) is 0 Å². The molecule has 0 bridgehead atoms.